The molecule has 2 aliphatic rings. The molecule has 8 nitrogen and oxygen atoms in total. The number of aromatic nitrogens is 2. The molecule has 1 saturated heterocycles. The zero-order valence-electron chi connectivity index (χ0n) is 26.8. The largest absolute Gasteiger partial charge is 0.495 e. The van der Waals surface area contributed by atoms with Crippen LogP contribution in [0, 0.1) is 0 Å². The summed E-state index contributed by atoms with van der Waals surface area (Å²) in [5, 5.41) is 7.42. The number of fused-ring (bicyclic) bond motifs is 2. The van der Waals surface area contributed by atoms with Crippen LogP contribution in [0.3, 0.4) is 0 Å². The van der Waals surface area contributed by atoms with E-state index in [0.29, 0.717) is 60.8 Å². The lowest BCUT2D eigenvalue weighted by atomic mass is 9.99. The van der Waals surface area contributed by atoms with E-state index in [1.54, 1.807) is 40.6 Å². The van der Waals surface area contributed by atoms with Gasteiger partial charge in [0.05, 0.1) is 66.8 Å². The van der Waals surface area contributed by atoms with E-state index in [1.807, 2.05) is 53.5 Å². The Morgan fingerprint density at radius 1 is 0.708 bits per heavy atom. The first-order valence-corrected chi connectivity index (χ1v) is 16.7. The van der Waals surface area contributed by atoms with Gasteiger partial charge in [-0.3, -0.25) is 4.99 Å². The monoisotopic (exact) mass is 727 g/mol. The Hall–Kier alpha value is -3.66. The van der Waals surface area contributed by atoms with Crippen molar-refractivity contribution in [2.75, 3.05) is 35.0 Å². The second-order valence-electron chi connectivity index (χ2n) is 11.1. The summed E-state index contributed by atoms with van der Waals surface area (Å²) in [5.41, 5.74) is 6.44. The van der Waals surface area contributed by atoms with Gasteiger partial charge in [0.1, 0.15) is 23.0 Å². The van der Waals surface area contributed by atoms with E-state index in [-0.39, 0.29) is 6.23 Å². The molecule has 2 aliphatic heterocycles. The van der Waals surface area contributed by atoms with Gasteiger partial charge in [0.2, 0.25) is 0 Å². The third kappa shape index (κ3) is 6.52. The summed E-state index contributed by atoms with van der Waals surface area (Å²) in [6.45, 7) is 1.44. The van der Waals surface area contributed by atoms with Gasteiger partial charge < -0.3 is 23.7 Å². The normalized spacial score (nSPS) is 15.1. The summed E-state index contributed by atoms with van der Waals surface area (Å²) >= 11 is 26.0. The van der Waals surface area contributed by atoms with Gasteiger partial charge in [-0.2, -0.15) is 5.10 Å². The number of halogens is 4. The number of nitrogens with zero attached hydrogens (tertiary/aromatic N) is 3. The highest BCUT2D eigenvalue weighted by molar-refractivity contribution is 6.42. The van der Waals surface area contributed by atoms with E-state index in [4.69, 9.17) is 70.1 Å². The van der Waals surface area contributed by atoms with Crippen LogP contribution in [0.4, 0.5) is 0 Å². The minimum Gasteiger partial charge on any atom is -0.495 e. The molecule has 12 heteroatoms. The fourth-order valence-electron chi connectivity index (χ4n) is 5.88. The number of methoxy groups -OCH3 is 4. The zero-order valence-corrected chi connectivity index (χ0v) is 29.8. The van der Waals surface area contributed by atoms with Gasteiger partial charge in [-0.1, -0.05) is 70.7 Å². The second-order valence-corrected chi connectivity index (χ2v) is 12.6. The second kappa shape index (κ2) is 14.8. The highest BCUT2D eigenvalue weighted by atomic mass is 35.5. The molecule has 48 heavy (non-hydrogen) atoms. The average Bonchev–Trinajstić information content (AvgIpc) is 3.76. The molecule has 1 fully saturated rings. The van der Waals surface area contributed by atoms with E-state index in [2.05, 4.69) is 10.1 Å². The quantitative estimate of drug-likeness (QED) is 0.166. The molecule has 1 atom stereocenters. The molecule has 250 valence electrons. The highest BCUT2D eigenvalue weighted by Gasteiger charge is 2.23. The molecule has 1 unspecified atom stereocenters. The van der Waals surface area contributed by atoms with Crippen molar-refractivity contribution in [3.63, 3.8) is 0 Å². The molecule has 7 rings (SSSR count). The molecule has 0 saturated carbocycles. The van der Waals surface area contributed by atoms with E-state index in [9.17, 15) is 0 Å². The van der Waals surface area contributed by atoms with Gasteiger partial charge in [-0.05, 0) is 53.6 Å². The van der Waals surface area contributed by atoms with Gasteiger partial charge in [0.15, 0.2) is 6.23 Å². The van der Waals surface area contributed by atoms with E-state index < -0.39 is 0 Å². The van der Waals surface area contributed by atoms with Crippen LogP contribution in [0.15, 0.2) is 59.7 Å². The number of hydrogen-bond donors (Lipinski definition) is 0. The average molecular weight is 729 g/mol. The van der Waals surface area contributed by atoms with Gasteiger partial charge >= 0.3 is 0 Å². The Labute approximate surface area is 299 Å². The van der Waals surface area contributed by atoms with Crippen molar-refractivity contribution >= 4 is 63.5 Å². The van der Waals surface area contributed by atoms with Crippen molar-refractivity contribution in [3.8, 4) is 45.3 Å². The highest BCUT2D eigenvalue weighted by Crippen LogP contribution is 2.48. The molecule has 5 aromatic rings. The predicted molar refractivity (Wildman–Crippen MR) is 193 cm³/mol. The van der Waals surface area contributed by atoms with Crippen molar-refractivity contribution in [3.05, 3.63) is 85.9 Å². The minimum absolute atomic E-state index is 0.0442. The third-order valence-corrected chi connectivity index (χ3v) is 9.89. The maximum Gasteiger partial charge on any atom is 0.150 e. The van der Waals surface area contributed by atoms with E-state index in [0.717, 1.165) is 59.0 Å². The Morgan fingerprint density at radius 3 is 1.81 bits per heavy atom. The molecule has 0 spiro atoms. The summed E-state index contributed by atoms with van der Waals surface area (Å²) in [6.07, 6.45) is 6.86. The van der Waals surface area contributed by atoms with E-state index in [1.165, 1.54) is 0 Å². The Bertz CT molecular complexity index is 1950. The number of benzene rings is 4. The first kappa shape index (κ1) is 34.2. The van der Waals surface area contributed by atoms with Crippen LogP contribution < -0.4 is 18.9 Å². The first-order valence-electron chi connectivity index (χ1n) is 15.2. The smallest absolute Gasteiger partial charge is 0.150 e. The number of rotatable bonds is 7. The fraction of sp³-hybridized carbons (Fsp3) is 0.278. The van der Waals surface area contributed by atoms with Crippen molar-refractivity contribution in [2.24, 2.45) is 4.99 Å². The van der Waals surface area contributed by atoms with Crippen molar-refractivity contribution in [1.82, 2.24) is 9.78 Å². The fourth-order valence-corrected chi connectivity index (χ4v) is 7.32. The van der Waals surface area contributed by atoms with Crippen LogP contribution in [0.25, 0.3) is 33.2 Å². The Kier molecular flexibility index (Phi) is 10.6. The molecule has 0 radical (unpaired) electrons. The van der Waals surface area contributed by atoms with Gasteiger partial charge in [-0.15, -0.1) is 0 Å². The van der Waals surface area contributed by atoms with Crippen molar-refractivity contribution < 1.29 is 23.7 Å². The molecule has 1 aromatic heterocycles. The lowest BCUT2D eigenvalue weighted by Crippen LogP contribution is -2.18. The third-order valence-electron chi connectivity index (χ3n) is 8.39. The molecule has 0 N–H and O–H groups in total. The van der Waals surface area contributed by atoms with E-state index >= 15 is 0 Å². The van der Waals surface area contributed by atoms with Crippen LogP contribution in [0.1, 0.15) is 36.6 Å². The Morgan fingerprint density at radius 2 is 1.27 bits per heavy atom. The van der Waals surface area contributed by atoms with Gasteiger partial charge in [0, 0.05) is 41.5 Å². The maximum absolute atomic E-state index is 6.58. The van der Waals surface area contributed by atoms with Gasteiger partial charge in [-0.25, -0.2) is 4.68 Å². The SMILES string of the molecule is COc1cc(OC)c(Cl)c(-c2ccc3c(c2)CN=C3)c1Cl.COc1cc(OC)c(Cl)c(-c2ccc3cnn(C4CCCCO4)c3c2)c1Cl. The maximum atomic E-state index is 6.58. The molecule has 4 aromatic carbocycles. The summed E-state index contributed by atoms with van der Waals surface area (Å²) in [5.74, 6) is 2.09. The standard InChI is InChI=1S/C20H20Cl2N2O3.C16H13Cl2NO2/c1-25-15-10-16(26-2)20(22)18(19(15)21)12-6-7-13-11-23-24(14(13)9-12)17-5-3-4-8-27-17;1-20-12-6-13(21-2)16(18)14(15(12)17)9-3-4-10-7-19-8-11(10)5-9/h6-7,9-11,17H,3-5,8H2,1-2H3;3-7H,8H2,1-2H3. The first-order chi connectivity index (χ1) is 23.3. The van der Waals surface area contributed by atoms with Crippen molar-refractivity contribution in [1.29, 1.82) is 0 Å². The lowest BCUT2D eigenvalue weighted by Gasteiger charge is -2.23. The zero-order chi connectivity index (χ0) is 33.9. The summed E-state index contributed by atoms with van der Waals surface area (Å²) in [7, 11) is 6.26. The topological polar surface area (TPSA) is 76.3 Å². The molecule has 3 heterocycles. The number of aliphatic imine (C=N–C) groups is 1. The molecule has 0 aliphatic carbocycles. The van der Waals surface area contributed by atoms with Crippen molar-refractivity contribution in [2.45, 2.75) is 32.0 Å². The summed E-state index contributed by atoms with van der Waals surface area (Å²) in [4.78, 5) is 4.26. The molecule has 0 bridgehead atoms. The lowest BCUT2D eigenvalue weighted by molar-refractivity contribution is -0.0366. The predicted octanol–water partition coefficient (Wildman–Crippen LogP) is 10.3. The number of ether oxygens (including phenoxy) is 5. The minimum atomic E-state index is -0.0442. The molecular weight excluding hydrogens is 696 g/mol. The van der Waals surface area contributed by atoms with Crippen LogP contribution >= 0.6 is 46.4 Å². The van der Waals surface area contributed by atoms with Crippen LogP contribution in [0.5, 0.6) is 23.0 Å². The summed E-state index contributed by atoms with van der Waals surface area (Å²) < 4.78 is 29.2. The van der Waals surface area contributed by atoms with Crippen LogP contribution in [-0.4, -0.2) is 51.0 Å². The van der Waals surface area contributed by atoms with Crippen LogP contribution in [0.2, 0.25) is 20.1 Å². The number of hydrogen-bond acceptors (Lipinski definition) is 7. The molecular formula is C36H33Cl4N3O5. The van der Waals surface area contributed by atoms with Crippen LogP contribution in [-0.2, 0) is 11.3 Å². The summed E-state index contributed by atoms with van der Waals surface area (Å²) in [6, 6.07) is 15.4. The Balaban J connectivity index is 0.000000173. The molecule has 0 amide bonds. The van der Waals surface area contributed by atoms with Gasteiger partial charge in [0.25, 0.3) is 0 Å².